The van der Waals surface area contributed by atoms with Crippen molar-refractivity contribution in [3.63, 3.8) is 0 Å². The minimum Gasteiger partial charge on any atom is -0.367 e. The third-order valence-electron chi connectivity index (χ3n) is 2.68. The molecule has 0 unspecified atom stereocenters. The van der Waals surface area contributed by atoms with Crippen LogP contribution in [0.5, 0.6) is 0 Å². The van der Waals surface area contributed by atoms with E-state index in [4.69, 9.17) is 9.47 Å². The molecule has 0 spiro atoms. The van der Waals surface area contributed by atoms with Gasteiger partial charge in [-0.25, -0.2) is 0 Å². The van der Waals surface area contributed by atoms with Crippen molar-refractivity contribution in [2.45, 2.75) is 20.1 Å². The van der Waals surface area contributed by atoms with Crippen LogP contribution in [0.15, 0.2) is 24.3 Å². The lowest BCUT2D eigenvalue weighted by atomic mass is 10.2. The highest BCUT2D eigenvalue weighted by atomic mass is 16.7. The van der Waals surface area contributed by atoms with Crippen LogP contribution < -0.4 is 4.90 Å². The number of ether oxygens (including phenoxy) is 2. The van der Waals surface area contributed by atoms with Gasteiger partial charge < -0.3 is 14.4 Å². The number of hydrogen-bond acceptors (Lipinski definition) is 3. The van der Waals surface area contributed by atoms with E-state index < -0.39 is 0 Å². The Morgan fingerprint density at radius 2 is 1.69 bits per heavy atom. The zero-order chi connectivity index (χ0) is 12.0. The quantitative estimate of drug-likeness (QED) is 0.691. The van der Waals surface area contributed by atoms with Crippen LogP contribution in [0.1, 0.15) is 12.5 Å². The van der Waals surface area contributed by atoms with Gasteiger partial charge in [-0.2, -0.15) is 0 Å². The van der Waals surface area contributed by atoms with Crippen LogP contribution in [0.4, 0.5) is 5.69 Å². The van der Waals surface area contributed by atoms with Gasteiger partial charge in [0.2, 0.25) is 0 Å². The van der Waals surface area contributed by atoms with Gasteiger partial charge in [-0.3, -0.25) is 0 Å². The molecule has 1 aromatic rings. The average Bonchev–Trinajstić information content (AvgIpc) is 2.32. The summed E-state index contributed by atoms with van der Waals surface area (Å²) in [6, 6.07) is 8.49. The van der Waals surface area contributed by atoms with E-state index in [0.29, 0.717) is 0 Å². The maximum absolute atomic E-state index is 5.21. The number of rotatable bonds is 6. The van der Waals surface area contributed by atoms with Gasteiger partial charge in [0.15, 0.2) is 6.29 Å². The SMILES string of the molecule is CCN(CC(OC)OC)c1ccc(C)cc1. The molecule has 0 amide bonds. The summed E-state index contributed by atoms with van der Waals surface area (Å²) in [5.74, 6) is 0. The summed E-state index contributed by atoms with van der Waals surface area (Å²) < 4.78 is 10.4. The van der Waals surface area contributed by atoms with Crippen molar-refractivity contribution in [1.29, 1.82) is 0 Å². The Bertz CT molecular complexity index is 293. The molecule has 0 aliphatic rings. The van der Waals surface area contributed by atoms with Crippen molar-refractivity contribution < 1.29 is 9.47 Å². The van der Waals surface area contributed by atoms with Crippen molar-refractivity contribution in [3.8, 4) is 0 Å². The first-order valence-corrected chi connectivity index (χ1v) is 5.58. The van der Waals surface area contributed by atoms with Crippen molar-refractivity contribution in [2.24, 2.45) is 0 Å². The Morgan fingerprint density at radius 1 is 1.12 bits per heavy atom. The number of methoxy groups -OCH3 is 2. The number of nitrogens with zero attached hydrogens (tertiary/aromatic N) is 1. The zero-order valence-electron chi connectivity index (χ0n) is 10.6. The highest BCUT2D eigenvalue weighted by Crippen LogP contribution is 2.15. The molecular formula is C13H21NO2. The lowest BCUT2D eigenvalue weighted by Crippen LogP contribution is -2.34. The molecule has 3 heteroatoms. The Kier molecular flexibility index (Phi) is 5.29. The minimum atomic E-state index is -0.179. The molecule has 3 nitrogen and oxygen atoms in total. The van der Waals surface area contributed by atoms with Gasteiger partial charge in [-0.1, -0.05) is 17.7 Å². The molecule has 0 heterocycles. The summed E-state index contributed by atoms with van der Waals surface area (Å²) in [4.78, 5) is 2.23. The number of benzene rings is 1. The molecule has 0 saturated heterocycles. The smallest absolute Gasteiger partial charge is 0.174 e. The zero-order valence-corrected chi connectivity index (χ0v) is 10.6. The molecule has 0 saturated carbocycles. The van der Waals surface area contributed by atoms with Crippen molar-refractivity contribution in [1.82, 2.24) is 0 Å². The molecule has 0 aliphatic carbocycles. The molecule has 1 rings (SSSR count). The normalized spacial score (nSPS) is 10.8. The van der Waals surface area contributed by atoms with Crippen LogP contribution in [0.25, 0.3) is 0 Å². The monoisotopic (exact) mass is 223 g/mol. The number of aryl methyl sites for hydroxylation is 1. The second kappa shape index (κ2) is 6.51. The molecule has 16 heavy (non-hydrogen) atoms. The topological polar surface area (TPSA) is 21.7 Å². The number of likely N-dealkylation sites (N-methyl/N-ethyl adjacent to an activating group) is 1. The standard InChI is InChI=1S/C13H21NO2/c1-5-14(10-13(15-3)16-4)12-8-6-11(2)7-9-12/h6-9,13H,5,10H2,1-4H3. The Morgan fingerprint density at radius 3 is 2.12 bits per heavy atom. The average molecular weight is 223 g/mol. The first kappa shape index (κ1) is 13.0. The van der Waals surface area contributed by atoms with Crippen LogP contribution in [0, 0.1) is 6.92 Å². The van der Waals surface area contributed by atoms with Gasteiger partial charge in [0.05, 0.1) is 6.54 Å². The molecule has 0 atom stereocenters. The molecule has 0 aromatic heterocycles. The fourth-order valence-corrected chi connectivity index (χ4v) is 1.60. The molecular weight excluding hydrogens is 202 g/mol. The third kappa shape index (κ3) is 3.51. The largest absolute Gasteiger partial charge is 0.367 e. The van der Waals surface area contributed by atoms with Gasteiger partial charge in [0.25, 0.3) is 0 Å². The van der Waals surface area contributed by atoms with Crippen LogP contribution in [0.3, 0.4) is 0 Å². The highest BCUT2D eigenvalue weighted by molar-refractivity contribution is 5.47. The second-order valence-corrected chi connectivity index (χ2v) is 3.78. The van der Waals surface area contributed by atoms with E-state index in [1.54, 1.807) is 14.2 Å². The van der Waals surface area contributed by atoms with Gasteiger partial charge in [-0.15, -0.1) is 0 Å². The van der Waals surface area contributed by atoms with Crippen molar-refractivity contribution in [3.05, 3.63) is 29.8 Å². The van der Waals surface area contributed by atoms with E-state index in [0.717, 1.165) is 13.1 Å². The molecule has 0 radical (unpaired) electrons. The Balaban J connectivity index is 2.70. The molecule has 90 valence electrons. The van der Waals surface area contributed by atoms with E-state index in [2.05, 4.69) is 43.0 Å². The maximum atomic E-state index is 5.21. The van der Waals surface area contributed by atoms with E-state index in [9.17, 15) is 0 Å². The predicted octanol–water partition coefficient (Wildman–Crippen LogP) is 2.44. The summed E-state index contributed by atoms with van der Waals surface area (Å²) >= 11 is 0. The minimum absolute atomic E-state index is 0.179. The van der Waals surface area contributed by atoms with Gasteiger partial charge in [0.1, 0.15) is 0 Å². The van der Waals surface area contributed by atoms with Crippen LogP contribution in [-0.4, -0.2) is 33.6 Å². The molecule has 0 N–H and O–H groups in total. The highest BCUT2D eigenvalue weighted by Gasteiger charge is 2.11. The maximum Gasteiger partial charge on any atom is 0.174 e. The summed E-state index contributed by atoms with van der Waals surface area (Å²) in [7, 11) is 3.33. The number of anilines is 1. The molecule has 0 fully saturated rings. The summed E-state index contributed by atoms with van der Waals surface area (Å²) in [6.07, 6.45) is -0.179. The second-order valence-electron chi connectivity index (χ2n) is 3.78. The third-order valence-corrected chi connectivity index (χ3v) is 2.68. The van der Waals surface area contributed by atoms with Crippen molar-refractivity contribution in [2.75, 3.05) is 32.2 Å². The summed E-state index contributed by atoms with van der Waals surface area (Å²) in [5.41, 5.74) is 2.47. The van der Waals surface area contributed by atoms with E-state index in [1.165, 1.54) is 11.3 Å². The summed E-state index contributed by atoms with van der Waals surface area (Å²) in [5, 5.41) is 0. The fourth-order valence-electron chi connectivity index (χ4n) is 1.60. The molecule has 0 aliphatic heterocycles. The molecule has 0 bridgehead atoms. The first-order chi connectivity index (χ1) is 7.71. The van der Waals surface area contributed by atoms with Crippen LogP contribution in [-0.2, 0) is 9.47 Å². The van der Waals surface area contributed by atoms with Crippen LogP contribution >= 0.6 is 0 Å². The fraction of sp³-hybridized carbons (Fsp3) is 0.538. The van der Waals surface area contributed by atoms with Crippen molar-refractivity contribution >= 4 is 5.69 Å². The van der Waals surface area contributed by atoms with Gasteiger partial charge in [0, 0.05) is 26.5 Å². The lowest BCUT2D eigenvalue weighted by molar-refractivity contribution is -0.0948. The van der Waals surface area contributed by atoms with Gasteiger partial charge >= 0.3 is 0 Å². The number of hydrogen-bond donors (Lipinski definition) is 0. The van der Waals surface area contributed by atoms with Gasteiger partial charge in [-0.05, 0) is 26.0 Å². The van der Waals surface area contributed by atoms with E-state index in [-0.39, 0.29) is 6.29 Å². The Hall–Kier alpha value is -1.06. The first-order valence-electron chi connectivity index (χ1n) is 5.58. The van der Waals surface area contributed by atoms with E-state index >= 15 is 0 Å². The Labute approximate surface area is 98.0 Å². The van der Waals surface area contributed by atoms with E-state index in [1.807, 2.05) is 0 Å². The molecule has 1 aromatic carbocycles. The van der Waals surface area contributed by atoms with Crippen LogP contribution in [0.2, 0.25) is 0 Å². The summed E-state index contributed by atoms with van der Waals surface area (Å²) in [6.45, 7) is 5.90. The lowest BCUT2D eigenvalue weighted by Gasteiger charge is -2.26. The predicted molar refractivity (Wildman–Crippen MR) is 66.9 cm³/mol.